The molecule has 1 aliphatic rings. The number of nitrogens with zero attached hydrogens (tertiary/aromatic N) is 3. The Morgan fingerprint density at radius 1 is 1.00 bits per heavy atom. The summed E-state index contributed by atoms with van der Waals surface area (Å²) in [6.07, 6.45) is 3.29. The highest BCUT2D eigenvalue weighted by Crippen LogP contribution is 2.30. The molecule has 1 heterocycles. The molecule has 7 heteroatoms. The number of halogens is 2. The number of benzene rings is 3. The van der Waals surface area contributed by atoms with E-state index in [0.717, 1.165) is 30.5 Å². The van der Waals surface area contributed by atoms with Gasteiger partial charge in [-0.2, -0.15) is 0 Å². The van der Waals surface area contributed by atoms with Crippen LogP contribution < -0.4 is 10.2 Å². The second-order valence-electron chi connectivity index (χ2n) is 8.85. The van der Waals surface area contributed by atoms with Crippen molar-refractivity contribution in [3.8, 4) is 11.4 Å². The third-order valence-electron chi connectivity index (χ3n) is 6.11. The van der Waals surface area contributed by atoms with Crippen molar-refractivity contribution in [3.05, 3.63) is 89.2 Å². The molecule has 3 aromatic carbocycles. The Kier molecular flexibility index (Phi) is 6.91. The van der Waals surface area contributed by atoms with Crippen LogP contribution in [-0.4, -0.2) is 35.0 Å². The molecule has 4 aromatic rings. The molecule has 5 rings (SSSR count). The zero-order valence-corrected chi connectivity index (χ0v) is 20.0. The molecule has 0 radical (unpaired) electrons. The first-order valence-corrected chi connectivity index (χ1v) is 12.2. The molecular formula is C28H26ClFN4O. The Labute approximate surface area is 209 Å². The van der Waals surface area contributed by atoms with E-state index in [1.54, 1.807) is 12.1 Å². The molecule has 0 spiro atoms. The fourth-order valence-electron chi connectivity index (χ4n) is 4.05. The monoisotopic (exact) mass is 488 g/mol. The van der Waals surface area contributed by atoms with E-state index in [2.05, 4.69) is 22.3 Å². The summed E-state index contributed by atoms with van der Waals surface area (Å²) >= 11 is 6.29. The van der Waals surface area contributed by atoms with Crippen molar-refractivity contribution < 1.29 is 9.18 Å². The highest BCUT2D eigenvalue weighted by molar-refractivity contribution is 6.31. The van der Waals surface area contributed by atoms with E-state index in [9.17, 15) is 9.18 Å². The number of amides is 1. The number of aromatic nitrogens is 2. The molecular weight excluding hydrogens is 463 g/mol. The minimum Gasteiger partial charge on any atom is -0.355 e. The maximum Gasteiger partial charge on any atom is 0.221 e. The lowest BCUT2D eigenvalue weighted by atomic mass is 10.1. The average molecular weight is 489 g/mol. The number of carbonyl (C=O) groups is 1. The summed E-state index contributed by atoms with van der Waals surface area (Å²) in [5, 5.41) is 4.50. The van der Waals surface area contributed by atoms with Gasteiger partial charge in [0.05, 0.1) is 5.52 Å². The van der Waals surface area contributed by atoms with Gasteiger partial charge in [0, 0.05) is 41.5 Å². The predicted octanol–water partition coefficient (Wildman–Crippen LogP) is 5.81. The third kappa shape index (κ3) is 5.95. The van der Waals surface area contributed by atoms with Crippen molar-refractivity contribution in [2.45, 2.75) is 31.7 Å². The van der Waals surface area contributed by atoms with Crippen molar-refractivity contribution in [3.63, 3.8) is 0 Å². The number of carbonyl (C=O) groups excluding carboxylic acids is 1. The molecule has 1 N–H and O–H groups in total. The maximum absolute atomic E-state index is 13.5. The smallest absolute Gasteiger partial charge is 0.221 e. The summed E-state index contributed by atoms with van der Waals surface area (Å²) in [4.78, 5) is 24.3. The SMILES string of the molecule is O=C(CCN(CCc1ccccc1)c1nc(-c2ccc(F)cc2)nc2cc(Cl)ccc12)NC1CC1. The van der Waals surface area contributed by atoms with E-state index in [1.807, 2.05) is 36.4 Å². The summed E-state index contributed by atoms with van der Waals surface area (Å²) < 4.78 is 13.5. The second-order valence-corrected chi connectivity index (χ2v) is 9.29. The molecule has 1 aliphatic carbocycles. The lowest BCUT2D eigenvalue weighted by Crippen LogP contribution is -2.33. The van der Waals surface area contributed by atoms with E-state index in [0.29, 0.717) is 47.5 Å². The summed E-state index contributed by atoms with van der Waals surface area (Å²) in [6.45, 7) is 1.20. The molecule has 0 unspecified atom stereocenters. The minimum absolute atomic E-state index is 0.0531. The van der Waals surface area contributed by atoms with Gasteiger partial charge in [0.2, 0.25) is 5.91 Å². The van der Waals surface area contributed by atoms with Crippen LogP contribution in [0.25, 0.3) is 22.3 Å². The van der Waals surface area contributed by atoms with Crippen LogP contribution in [0.5, 0.6) is 0 Å². The summed E-state index contributed by atoms with van der Waals surface area (Å²) in [6, 6.07) is 22.3. The van der Waals surface area contributed by atoms with Crippen LogP contribution in [0.3, 0.4) is 0 Å². The number of rotatable bonds is 9. The average Bonchev–Trinajstić information content (AvgIpc) is 3.68. The summed E-state index contributed by atoms with van der Waals surface area (Å²) in [7, 11) is 0. The van der Waals surface area contributed by atoms with Gasteiger partial charge in [-0.3, -0.25) is 4.79 Å². The van der Waals surface area contributed by atoms with Crippen LogP contribution in [0.1, 0.15) is 24.8 Å². The maximum atomic E-state index is 13.5. The number of fused-ring (bicyclic) bond motifs is 1. The first kappa shape index (κ1) is 23.2. The highest BCUT2D eigenvalue weighted by atomic mass is 35.5. The molecule has 1 saturated carbocycles. The van der Waals surface area contributed by atoms with Gasteiger partial charge in [0.1, 0.15) is 11.6 Å². The van der Waals surface area contributed by atoms with Crippen molar-refractivity contribution in [1.29, 1.82) is 0 Å². The van der Waals surface area contributed by atoms with Gasteiger partial charge in [-0.25, -0.2) is 14.4 Å². The molecule has 35 heavy (non-hydrogen) atoms. The summed E-state index contributed by atoms with van der Waals surface area (Å²) in [5.41, 5.74) is 2.62. The van der Waals surface area contributed by atoms with Gasteiger partial charge in [0.15, 0.2) is 5.82 Å². The van der Waals surface area contributed by atoms with Gasteiger partial charge < -0.3 is 10.2 Å². The number of nitrogens with one attached hydrogen (secondary N) is 1. The molecule has 1 fully saturated rings. The van der Waals surface area contributed by atoms with Crippen LogP contribution in [0, 0.1) is 5.82 Å². The molecule has 5 nitrogen and oxygen atoms in total. The van der Waals surface area contributed by atoms with Crippen LogP contribution in [0.15, 0.2) is 72.8 Å². The standard InChI is InChI=1S/C28H26ClFN4O/c29-21-8-13-24-25(18-21)32-27(20-6-9-22(30)10-7-20)33-28(24)34(16-14-19-4-2-1-3-5-19)17-15-26(35)31-23-11-12-23/h1-10,13,18,23H,11-12,14-17H2,(H,31,35). The highest BCUT2D eigenvalue weighted by Gasteiger charge is 2.24. The van der Waals surface area contributed by atoms with Gasteiger partial charge in [-0.15, -0.1) is 0 Å². The van der Waals surface area contributed by atoms with Crippen LogP contribution in [0.2, 0.25) is 5.02 Å². The molecule has 0 aliphatic heterocycles. The van der Waals surface area contributed by atoms with Gasteiger partial charge >= 0.3 is 0 Å². The van der Waals surface area contributed by atoms with Crippen molar-refractivity contribution in [1.82, 2.24) is 15.3 Å². The van der Waals surface area contributed by atoms with Gasteiger partial charge in [0.25, 0.3) is 0 Å². The van der Waals surface area contributed by atoms with Crippen LogP contribution >= 0.6 is 11.6 Å². The molecule has 178 valence electrons. The predicted molar refractivity (Wildman–Crippen MR) is 138 cm³/mol. The fraction of sp³-hybridized carbons (Fsp3) is 0.250. The summed E-state index contributed by atoms with van der Waals surface area (Å²) in [5.74, 6) is 0.962. The Balaban J connectivity index is 1.51. The molecule has 1 aromatic heterocycles. The second kappa shape index (κ2) is 10.4. The van der Waals surface area contributed by atoms with Crippen LogP contribution in [0.4, 0.5) is 10.2 Å². The van der Waals surface area contributed by atoms with E-state index in [1.165, 1.54) is 17.7 Å². The van der Waals surface area contributed by atoms with E-state index < -0.39 is 0 Å². The van der Waals surface area contributed by atoms with Crippen molar-refractivity contribution in [2.75, 3.05) is 18.0 Å². The van der Waals surface area contributed by atoms with E-state index in [-0.39, 0.29) is 11.7 Å². The molecule has 1 amide bonds. The Bertz CT molecular complexity index is 1330. The largest absolute Gasteiger partial charge is 0.355 e. The zero-order valence-electron chi connectivity index (χ0n) is 19.3. The number of hydrogen-bond acceptors (Lipinski definition) is 4. The topological polar surface area (TPSA) is 58.1 Å². The van der Waals surface area contributed by atoms with Crippen LogP contribution in [-0.2, 0) is 11.2 Å². The van der Waals surface area contributed by atoms with Gasteiger partial charge in [-0.1, -0.05) is 41.9 Å². The quantitative estimate of drug-likeness (QED) is 0.323. The zero-order chi connectivity index (χ0) is 24.2. The Morgan fingerprint density at radius 3 is 2.51 bits per heavy atom. The molecule has 0 atom stereocenters. The minimum atomic E-state index is -0.316. The van der Waals surface area contributed by atoms with Crippen molar-refractivity contribution in [2.24, 2.45) is 0 Å². The first-order chi connectivity index (χ1) is 17.0. The molecule has 0 saturated heterocycles. The first-order valence-electron chi connectivity index (χ1n) is 11.9. The Hall–Kier alpha value is -3.51. The van der Waals surface area contributed by atoms with E-state index in [4.69, 9.17) is 21.6 Å². The Morgan fingerprint density at radius 2 is 1.77 bits per heavy atom. The normalized spacial score (nSPS) is 13.1. The van der Waals surface area contributed by atoms with E-state index >= 15 is 0 Å². The lowest BCUT2D eigenvalue weighted by molar-refractivity contribution is -0.121. The number of hydrogen-bond donors (Lipinski definition) is 1. The lowest BCUT2D eigenvalue weighted by Gasteiger charge is -2.25. The fourth-order valence-corrected chi connectivity index (χ4v) is 4.22. The number of anilines is 1. The molecule has 0 bridgehead atoms. The van der Waals surface area contributed by atoms with Gasteiger partial charge in [-0.05, 0) is 67.3 Å². The van der Waals surface area contributed by atoms with Crippen molar-refractivity contribution >= 4 is 34.2 Å². The third-order valence-corrected chi connectivity index (χ3v) is 6.34.